The number of fused-ring (bicyclic) bond motifs is 2. The molecule has 4 saturated carbocycles. The lowest BCUT2D eigenvalue weighted by Gasteiger charge is -2.61. The van der Waals surface area contributed by atoms with E-state index in [4.69, 9.17) is 18.6 Å². The van der Waals surface area contributed by atoms with E-state index in [0.29, 0.717) is 30.4 Å². The predicted octanol–water partition coefficient (Wildman–Crippen LogP) is 8.78. The monoisotopic (exact) mass is 797 g/mol. The van der Waals surface area contributed by atoms with E-state index < -0.39 is 56.4 Å². The Bertz CT molecular complexity index is 1660. The number of ketones is 2. The summed E-state index contributed by atoms with van der Waals surface area (Å²) < 4.78 is 24.2. The first-order chi connectivity index (χ1) is 25.6. The zero-order valence-corrected chi connectivity index (χ0v) is 37.8. The molecule has 0 aromatic rings. The van der Waals surface area contributed by atoms with Crippen LogP contribution >= 0.6 is 0 Å². The van der Waals surface area contributed by atoms with Gasteiger partial charge in [0, 0.05) is 37.2 Å². The molecule has 11 heteroatoms. The molecule has 10 nitrogen and oxygen atoms in total. The highest BCUT2D eigenvalue weighted by Gasteiger charge is 2.82. The maximum Gasteiger partial charge on any atom is 0.408 e. The van der Waals surface area contributed by atoms with Gasteiger partial charge in [-0.2, -0.15) is 0 Å². The van der Waals surface area contributed by atoms with E-state index in [1.807, 2.05) is 19.9 Å². The van der Waals surface area contributed by atoms with Crippen LogP contribution in [0.2, 0.25) is 18.1 Å². The number of carbonyl (C=O) groups is 5. The first-order valence-corrected chi connectivity index (χ1v) is 23.9. The van der Waals surface area contributed by atoms with Crippen molar-refractivity contribution in [1.29, 1.82) is 0 Å². The number of hydrogen-bond donors (Lipinski definition) is 1. The number of rotatable bonds is 12. The Labute approximate surface area is 337 Å². The summed E-state index contributed by atoms with van der Waals surface area (Å²) in [6, 6.07) is 0. The maximum absolute atomic E-state index is 14.8. The number of amides is 1. The van der Waals surface area contributed by atoms with Gasteiger partial charge in [-0.3, -0.25) is 19.2 Å². The number of nitrogens with one attached hydrogen (secondary N) is 1. The zero-order chi connectivity index (χ0) is 42.2. The maximum atomic E-state index is 14.8. The summed E-state index contributed by atoms with van der Waals surface area (Å²) in [5, 5.41) is 2.45. The van der Waals surface area contributed by atoms with Crippen molar-refractivity contribution < 1.29 is 42.6 Å². The lowest BCUT2D eigenvalue weighted by Crippen LogP contribution is -2.56. The van der Waals surface area contributed by atoms with Crippen molar-refractivity contribution in [3.63, 3.8) is 0 Å². The molecule has 5 aliphatic carbocycles. The van der Waals surface area contributed by atoms with Crippen LogP contribution in [0.1, 0.15) is 122 Å². The fourth-order valence-electron chi connectivity index (χ4n) is 12.0. The van der Waals surface area contributed by atoms with Gasteiger partial charge in [0.25, 0.3) is 0 Å². The summed E-state index contributed by atoms with van der Waals surface area (Å²) in [6.45, 7) is 32.1. The molecule has 314 valence electrons. The molecule has 56 heavy (non-hydrogen) atoms. The number of hydrogen-bond acceptors (Lipinski definition) is 9. The van der Waals surface area contributed by atoms with Gasteiger partial charge in [-0.05, 0) is 123 Å². The highest BCUT2D eigenvalue weighted by molar-refractivity contribution is 6.74. The van der Waals surface area contributed by atoms with Gasteiger partial charge in [0.15, 0.2) is 26.0 Å². The van der Waals surface area contributed by atoms with Crippen LogP contribution in [0.3, 0.4) is 0 Å². The first kappa shape index (κ1) is 44.3. The third kappa shape index (κ3) is 7.50. The lowest BCUT2D eigenvalue weighted by molar-refractivity contribution is -0.167. The Morgan fingerprint density at radius 2 is 1.66 bits per heavy atom. The van der Waals surface area contributed by atoms with E-state index in [9.17, 15) is 24.0 Å². The molecule has 12 atom stereocenters. The van der Waals surface area contributed by atoms with E-state index in [-0.39, 0.29) is 56.2 Å². The van der Waals surface area contributed by atoms with E-state index in [1.54, 1.807) is 20.8 Å². The molecular weight excluding hydrogens is 727 g/mol. The first-order valence-electron chi connectivity index (χ1n) is 21.0. The zero-order valence-electron chi connectivity index (χ0n) is 36.8. The van der Waals surface area contributed by atoms with Crippen molar-refractivity contribution >= 4 is 37.9 Å². The van der Waals surface area contributed by atoms with Crippen LogP contribution in [0.5, 0.6) is 0 Å². The summed E-state index contributed by atoms with van der Waals surface area (Å²) in [6.07, 6.45) is 7.07. The second kappa shape index (κ2) is 14.8. The Morgan fingerprint density at radius 3 is 2.25 bits per heavy atom. The summed E-state index contributed by atoms with van der Waals surface area (Å²) in [7, 11) is -2.14. The van der Waals surface area contributed by atoms with Gasteiger partial charge in [0.1, 0.15) is 18.2 Å². The highest BCUT2D eigenvalue weighted by atomic mass is 28.4. The van der Waals surface area contributed by atoms with E-state index in [0.717, 1.165) is 32.1 Å². The molecule has 0 bridgehead atoms. The molecule has 5 rings (SSSR count). The Morgan fingerprint density at radius 1 is 1.02 bits per heavy atom. The average Bonchev–Trinajstić information content (AvgIpc) is 3.68. The molecule has 0 radical (unpaired) electrons. The Hall–Kier alpha value is -2.79. The molecule has 1 amide bonds. The molecule has 0 aromatic carbocycles. The standard InChI is InChI=1S/C45H71NO9Si/c1-26(24-52-56(14,15)41(9,10)11)27(2)37(50)38(54-35(49)23-46-39(51)55-40(6,7)8)29(4)36-33(53-30(5)47)22-43(13)34-17-16-31-28(3)32(48)18-19-44(31)25-45(34,44)21-20-42(36,43)12/h18-19,26,28-29,31,33-34,36,38H,2,16-17,20-25H2,1,3-15H3,(H,46,51)/t26-,28-,29-,31-,33-,34-,36-,38+,42+,43-,44+,45-/m0/s1. The van der Waals surface area contributed by atoms with Crippen LogP contribution in [0.4, 0.5) is 4.79 Å². The van der Waals surface area contributed by atoms with Crippen LogP contribution in [0.15, 0.2) is 24.3 Å². The molecule has 0 aromatic heterocycles. The smallest absolute Gasteiger partial charge is 0.408 e. The van der Waals surface area contributed by atoms with Crippen molar-refractivity contribution in [1.82, 2.24) is 5.32 Å². The number of ether oxygens (including phenoxy) is 3. The normalized spacial score (nSPS) is 36.4. The van der Waals surface area contributed by atoms with Crippen LogP contribution in [0, 0.1) is 57.2 Å². The molecule has 0 saturated heterocycles. The number of Topliss-reactive ketones (excluding diaryl/α,β-unsaturated/α-hetero) is 1. The van der Waals surface area contributed by atoms with Crippen LogP contribution < -0.4 is 5.32 Å². The molecule has 4 fully saturated rings. The van der Waals surface area contributed by atoms with Crippen LogP contribution in [-0.4, -0.2) is 68.9 Å². The van der Waals surface area contributed by atoms with Crippen molar-refractivity contribution in [3.8, 4) is 0 Å². The van der Waals surface area contributed by atoms with Crippen molar-refractivity contribution in [3.05, 3.63) is 24.3 Å². The topological polar surface area (TPSA) is 134 Å². The van der Waals surface area contributed by atoms with Crippen molar-refractivity contribution in [2.24, 2.45) is 57.2 Å². The minimum Gasteiger partial charge on any atom is -0.462 e. The van der Waals surface area contributed by atoms with Crippen molar-refractivity contribution in [2.45, 2.75) is 158 Å². The third-order valence-corrected chi connectivity index (χ3v) is 20.6. The van der Waals surface area contributed by atoms with Gasteiger partial charge in [-0.15, -0.1) is 0 Å². The quantitative estimate of drug-likeness (QED) is 0.0890. The number of alkyl carbamates (subject to hydrolysis) is 1. The third-order valence-electron chi connectivity index (χ3n) is 16.1. The average molecular weight is 798 g/mol. The second-order valence-corrected chi connectivity index (χ2v) is 26.1. The van der Waals surface area contributed by atoms with Gasteiger partial charge in [0.05, 0.1) is 0 Å². The van der Waals surface area contributed by atoms with E-state index in [2.05, 4.69) is 72.6 Å². The van der Waals surface area contributed by atoms with E-state index in [1.165, 1.54) is 6.92 Å². The molecule has 2 spiro atoms. The SMILES string of the molecule is C=C(C(=O)[C@H](OC(=O)CNC(=O)OC(C)(C)C)[C@@H](C)[C@H]1[C@@H](OC(C)=O)C[C@@]2(C)[C@@H]3CC[C@H]4[C@H](C)C(=O)C=C[C@@]45C[C@@]35CC[C@]12C)[C@@H](C)CO[Si](C)(C)C(C)(C)C. The van der Waals surface area contributed by atoms with Crippen LogP contribution in [0.25, 0.3) is 0 Å². The van der Waals surface area contributed by atoms with Crippen LogP contribution in [-0.2, 0) is 37.8 Å². The van der Waals surface area contributed by atoms with Gasteiger partial charge in [0.2, 0.25) is 0 Å². The summed E-state index contributed by atoms with van der Waals surface area (Å²) in [5.41, 5.74) is -0.998. The number of carbonyl (C=O) groups excluding carboxylic acids is 5. The summed E-state index contributed by atoms with van der Waals surface area (Å²) in [4.78, 5) is 66.5. The summed E-state index contributed by atoms with van der Waals surface area (Å²) in [5.74, 6) is -1.88. The lowest BCUT2D eigenvalue weighted by atomic mass is 9.43. The Balaban J connectivity index is 1.47. The molecule has 5 aliphatic rings. The molecule has 0 unspecified atom stereocenters. The fraction of sp³-hybridized carbons (Fsp3) is 0.800. The minimum atomic E-state index is -2.14. The molecular formula is C45H71NO9Si. The van der Waals surface area contributed by atoms with Gasteiger partial charge in [-0.25, -0.2) is 4.79 Å². The number of allylic oxidation sites excluding steroid dienone is 2. The molecule has 0 heterocycles. The largest absolute Gasteiger partial charge is 0.462 e. The van der Waals surface area contributed by atoms with E-state index >= 15 is 0 Å². The van der Waals surface area contributed by atoms with Gasteiger partial charge >= 0.3 is 18.0 Å². The predicted molar refractivity (Wildman–Crippen MR) is 218 cm³/mol. The van der Waals surface area contributed by atoms with Gasteiger partial charge < -0.3 is 24.0 Å². The molecule has 1 N–H and O–H groups in total. The molecule has 0 aliphatic heterocycles. The Kier molecular flexibility index (Phi) is 11.7. The van der Waals surface area contributed by atoms with Crippen molar-refractivity contribution in [2.75, 3.05) is 13.2 Å². The summed E-state index contributed by atoms with van der Waals surface area (Å²) >= 11 is 0. The second-order valence-electron chi connectivity index (χ2n) is 21.3. The minimum absolute atomic E-state index is 0.0145. The number of esters is 2. The highest BCUT2D eigenvalue weighted by Crippen LogP contribution is 2.87. The van der Waals surface area contributed by atoms with Gasteiger partial charge in [-0.1, -0.05) is 68.0 Å². The fourth-order valence-corrected chi connectivity index (χ4v) is 13.1.